The van der Waals surface area contributed by atoms with Gasteiger partial charge in [-0.05, 0) is 34.6 Å². The number of nitrogens with one attached hydrogen (secondary N) is 1. The highest BCUT2D eigenvalue weighted by molar-refractivity contribution is 5.79. The summed E-state index contributed by atoms with van der Waals surface area (Å²) in [6.45, 7) is 9.71. The van der Waals surface area contributed by atoms with Gasteiger partial charge in [-0.15, -0.1) is 4.98 Å². The molecule has 0 bridgehead atoms. The van der Waals surface area contributed by atoms with Crippen LogP contribution in [-0.2, 0) is 0 Å². The first kappa shape index (κ1) is 19.1. The molecule has 0 aliphatic carbocycles. The first-order valence-electron chi connectivity index (χ1n) is 9.56. The van der Waals surface area contributed by atoms with Gasteiger partial charge in [0.05, 0.1) is 29.7 Å². The minimum atomic E-state index is -0.946. The summed E-state index contributed by atoms with van der Waals surface area (Å²) >= 11 is 0. The van der Waals surface area contributed by atoms with E-state index >= 15 is 0 Å². The van der Waals surface area contributed by atoms with Gasteiger partial charge in [-0.2, -0.15) is 4.99 Å². The van der Waals surface area contributed by atoms with Gasteiger partial charge >= 0.3 is 5.95 Å². The molecule has 29 heavy (non-hydrogen) atoms. The maximum Gasteiger partial charge on any atom is 0.390 e. The molecule has 0 amide bonds. The number of hydrogen-bond acceptors (Lipinski definition) is 7. The van der Waals surface area contributed by atoms with Gasteiger partial charge in [0, 0.05) is 18.2 Å². The highest BCUT2D eigenvalue weighted by Crippen LogP contribution is 2.24. The van der Waals surface area contributed by atoms with Crippen LogP contribution in [-0.4, -0.2) is 58.4 Å². The van der Waals surface area contributed by atoms with Crippen molar-refractivity contribution in [3.05, 3.63) is 30.4 Å². The molecule has 0 saturated heterocycles. The van der Waals surface area contributed by atoms with E-state index in [0.29, 0.717) is 23.6 Å². The third-order valence-corrected chi connectivity index (χ3v) is 4.78. The first-order valence-corrected chi connectivity index (χ1v) is 9.56. The molecule has 2 N–H and O–H groups in total. The normalized spacial score (nSPS) is 16.7. The number of imidazole rings is 1. The highest BCUT2D eigenvalue weighted by atomic mass is 16.3. The second-order valence-electron chi connectivity index (χ2n) is 7.97. The van der Waals surface area contributed by atoms with Crippen LogP contribution in [0, 0.1) is 6.92 Å². The summed E-state index contributed by atoms with van der Waals surface area (Å²) in [6, 6.07) is 3.72. The summed E-state index contributed by atoms with van der Waals surface area (Å²) in [5.74, 6) is 2.72. The van der Waals surface area contributed by atoms with Crippen LogP contribution in [0.25, 0.3) is 11.0 Å². The number of pyridine rings is 1. The summed E-state index contributed by atoms with van der Waals surface area (Å²) in [6.07, 6.45) is 6.86. The minimum Gasteiger partial charge on any atom is -0.387 e. The van der Waals surface area contributed by atoms with Crippen LogP contribution >= 0.6 is 0 Å². The Morgan fingerprint density at radius 3 is 2.69 bits per heavy atom. The highest BCUT2D eigenvalue weighted by Gasteiger charge is 2.32. The van der Waals surface area contributed by atoms with Crippen LogP contribution in [0.4, 0.5) is 17.6 Å². The average Bonchev–Trinajstić information content (AvgIpc) is 3.25. The molecule has 4 heterocycles. The molecule has 3 aromatic heterocycles. The van der Waals surface area contributed by atoms with Crippen molar-refractivity contribution in [2.45, 2.75) is 52.3 Å². The smallest absolute Gasteiger partial charge is 0.387 e. The predicted molar refractivity (Wildman–Crippen MR) is 113 cm³/mol. The Labute approximate surface area is 168 Å². The topological polar surface area (TPSA) is 104 Å². The zero-order chi connectivity index (χ0) is 20.8. The molecule has 150 valence electrons. The van der Waals surface area contributed by atoms with Crippen LogP contribution in [0.15, 0.2) is 29.5 Å². The Morgan fingerprint density at radius 2 is 2.00 bits per heavy atom. The zero-order valence-electron chi connectivity index (χ0n) is 17.2. The van der Waals surface area contributed by atoms with Crippen molar-refractivity contribution < 1.29 is 9.68 Å². The maximum absolute atomic E-state index is 10.1. The molecule has 0 fully saturated rings. The Morgan fingerprint density at radius 1 is 1.21 bits per heavy atom. The Balaban J connectivity index is 1.62. The van der Waals surface area contributed by atoms with E-state index in [1.54, 1.807) is 49.4 Å². The van der Waals surface area contributed by atoms with Crippen molar-refractivity contribution in [2.75, 3.05) is 5.32 Å². The number of hydrogen-bond donors (Lipinski definition) is 2. The third-order valence-electron chi connectivity index (χ3n) is 4.78. The lowest BCUT2D eigenvalue weighted by Gasteiger charge is -2.17. The number of fused-ring (bicyclic) bond motifs is 1. The number of aliphatic hydroxyl groups is 1. The SMILES string of the molecule is Cc1nc2cnc(Nc3ccnc([N+]4=CC(C(C)(C)O)N=C4)n3)cc2n1C(C)C. The molecular formula is C20H25N8O+. The summed E-state index contributed by atoms with van der Waals surface area (Å²) < 4.78 is 3.89. The lowest BCUT2D eigenvalue weighted by Crippen LogP contribution is -2.35. The van der Waals surface area contributed by atoms with Crippen molar-refractivity contribution in [3.63, 3.8) is 0 Å². The van der Waals surface area contributed by atoms with E-state index in [1.807, 2.05) is 13.0 Å². The molecule has 0 radical (unpaired) electrons. The quantitative estimate of drug-likeness (QED) is 0.646. The fraction of sp³-hybridized carbons (Fsp3) is 0.400. The first-order chi connectivity index (χ1) is 13.7. The fourth-order valence-electron chi connectivity index (χ4n) is 3.37. The van der Waals surface area contributed by atoms with E-state index in [2.05, 4.69) is 48.7 Å². The molecule has 1 unspecified atom stereocenters. The monoisotopic (exact) mass is 393 g/mol. The molecular weight excluding hydrogens is 368 g/mol. The Kier molecular flexibility index (Phi) is 4.62. The minimum absolute atomic E-state index is 0.301. The molecule has 1 aliphatic heterocycles. The van der Waals surface area contributed by atoms with Crippen molar-refractivity contribution in [2.24, 2.45) is 4.99 Å². The van der Waals surface area contributed by atoms with Gasteiger partial charge in [0.1, 0.15) is 17.2 Å². The Hall–Kier alpha value is -3.20. The molecule has 0 aromatic carbocycles. The van der Waals surface area contributed by atoms with Gasteiger partial charge in [-0.25, -0.2) is 14.5 Å². The average molecular weight is 393 g/mol. The zero-order valence-corrected chi connectivity index (χ0v) is 17.2. The van der Waals surface area contributed by atoms with Crippen LogP contribution < -0.4 is 5.32 Å². The molecule has 9 nitrogen and oxygen atoms in total. The number of aryl methyl sites for hydroxylation is 1. The van der Waals surface area contributed by atoms with Gasteiger partial charge in [0.15, 0.2) is 18.2 Å². The van der Waals surface area contributed by atoms with Crippen LogP contribution in [0.1, 0.15) is 39.6 Å². The van der Waals surface area contributed by atoms with E-state index in [9.17, 15) is 5.11 Å². The van der Waals surface area contributed by atoms with Crippen molar-refractivity contribution in [1.82, 2.24) is 24.5 Å². The molecule has 4 rings (SSSR count). The lowest BCUT2D eigenvalue weighted by atomic mass is 10.0. The summed E-state index contributed by atoms with van der Waals surface area (Å²) in [5, 5.41) is 13.4. The number of anilines is 2. The molecule has 1 aliphatic rings. The molecule has 3 aromatic rings. The Bertz CT molecular complexity index is 1120. The predicted octanol–water partition coefficient (Wildman–Crippen LogP) is 2.75. The number of rotatable bonds is 5. The van der Waals surface area contributed by atoms with Crippen LogP contribution in [0.3, 0.4) is 0 Å². The van der Waals surface area contributed by atoms with E-state index in [4.69, 9.17) is 0 Å². The van der Waals surface area contributed by atoms with Crippen molar-refractivity contribution in [1.29, 1.82) is 0 Å². The fourth-order valence-corrected chi connectivity index (χ4v) is 3.37. The lowest BCUT2D eigenvalue weighted by molar-refractivity contribution is -0.297. The van der Waals surface area contributed by atoms with E-state index in [0.717, 1.165) is 16.9 Å². The standard InChI is InChI=1S/C20H25N8O/c1-12(2)28-13(3)24-14-9-22-18(8-15(14)28)25-17-6-7-21-19(26-17)27-10-16(23-11-27)20(4,5)29/h6-12,16,29H,1-5H3,(H,21,22,25,26)/q+1. The number of nitrogens with zero attached hydrogens (tertiary/aromatic N) is 7. The van der Waals surface area contributed by atoms with Crippen LogP contribution in [0.5, 0.6) is 0 Å². The molecule has 1 atom stereocenters. The molecule has 0 saturated carbocycles. The van der Waals surface area contributed by atoms with Gasteiger partial charge < -0.3 is 15.0 Å². The largest absolute Gasteiger partial charge is 0.390 e. The van der Waals surface area contributed by atoms with Crippen molar-refractivity contribution >= 4 is 41.2 Å². The second kappa shape index (κ2) is 7.00. The van der Waals surface area contributed by atoms with E-state index in [-0.39, 0.29) is 6.04 Å². The molecule has 0 spiro atoms. The summed E-state index contributed by atoms with van der Waals surface area (Å²) in [7, 11) is 0. The maximum atomic E-state index is 10.1. The number of aliphatic imine (C=N–C) groups is 1. The van der Waals surface area contributed by atoms with Crippen molar-refractivity contribution in [3.8, 4) is 0 Å². The van der Waals surface area contributed by atoms with Gasteiger partial charge in [-0.1, -0.05) is 4.98 Å². The summed E-state index contributed by atoms with van der Waals surface area (Å²) in [4.78, 5) is 22.2. The number of aromatic nitrogens is 5. The molecule has 9 heteroatoms. The summed E-state index contributed by atoms with van der Waals surface area (Å²) in [5.41, 5.74) is 0.945. The third kappa shape index (κ3) is 3.73. The van der Waals surface area contributed by atoms with Gasteiger partial charge in [0.2, 0.25) is 0 Å². The van der Waals surface area contributed by atoms with E-state index in [1.165, 1.54) is 0 Å². The van der Waals surface area contributed by atoms with Gasteiger partial charge in [0.25, 0.3) is 0 Å². The van der Waals surface area contributed by atoms with E-state index < -0.39 is 5.60 Å². The van der Waals surface area contributed by atoms with Gasteiger partial charge in [-0.3, -0.25) is 0 Å². The van der Waals surface area contributed by atoms with Crippen LogP contribution in [0.2, 0.25) is 0 Å². The second-order valence-corrected chi connectivity index (χ2v) is 7.97.